The first-order chi connectivity index (χ1) is 8.63. The van der Waals surface area contributed by atoms with Crippen molar-refractivity contribution < 1.29 is 18.3 Å². The van der Waals surface area contributed by atoms with Gasteiger partial charge in [-0.05, 0) is 37.6 Å². The predicted octanol–water partition coefficient (Wildman–Crippen LogP) is 1.37. The lowest BCUT2D eigenvalue weighted by Crippen LogP contribution is -2.45. The van der Waals surface area contributed by atoms with E-state index in [1.54, 1.807) is 12.1 Å². The summed E-state index contributed by atoms with van der Waals surface area (Å²) >= 11 is 1.45. The molecule has 0 saturated heterocycles. The molecule has 0 aliphatic heterocycles. The fraction of sp³-hybridized carbons (Fsp3) is 0.417. The molecule has 0 spiro atoms. The zero-order valence-corrected chi connectivity index (χ0v) is 12.4. The third kappa shape index (κ3) is 4.85. The third-order valence-corrected chi connectivity index (χ3v) is 4.77. The standard InChI is InChI=1S/C12H17NO4S2/c1-12(13,11(14)15)7-8-18-9-3-5-10(6-4-9)19(2,16)17/h3-6H,7-8,13H2,1-2H3,(H,14,15). The summed E-state index contributed by atoms with van der Waals surface area (Å²) in [6.45, 7) is 1.47. The summed E-state index contributed by atoms with van der Waals surface area (Å²) in [6, 6.07) is 6.48. The molecule has 0 radical (unpaired) electrons. The number of nitrogens with two attached hydrogens (primary N) is 1. The van der Waals surface area contributed by atoms with Gasteiger partial charge in [0.25, 0.3) is 0 Å². The van der Waals surface area contributed by atoms with Crippen LogP contribution in [-0.4, -0.2) is 37.0 Å². The Hall–Kier alpha value is -1.05. The molecule has 0 fully saturated rings. The van der Waals surface area contributed by atoms with Crippen molar-refractivity contribution in [3.8, 4) is 0 Å². The number of thioether (sulfide) groups is 1. The van der Waals surface area contributed by atoms with Crippen LogP contribution in [0.25, 0.3) is 0 Å². The van der Waals surface area contributed by atoms with Crippen LogP contribution < -0.4 is 5.73 Å². The van der Waals surface area contributed by atoms with Crippen LogP contribution in [0.5, 0.6) is 0 Å². The van der Waals surface area contributed by atoms with Crippen LogP contribution in [0.4, 0.5) is 0 Å². The van der Waals surface area contributed by atoms with E-state index in [-0.39, 0.29) is 4.90 Å². The van der Waals surface area contributed by atoms with Crippen molar-refractivity contribution in [2.24, 2.45) is 5.73 Å². The molecule has 0 bridgehead atoms. The zero-order valence-electron chi connectivity index (χ0n) is 10.8. The molecule has 5 nitrogen and oxygen atoms in total. The number of hydrogen-bond donors (Lipinski definition) is 2. The molecule has 0 amide bonds. The molecule has 106 valence electrons. The number of aliphatic carboxylic acids is 1. The number of carboxylic acids is 1. The number of carbonyl (C=O) groups is 1. The van der Waals surface area contributed by atoms with Gasteiger partial charge in [0, 0.05) is 16.9 Å². The Labute approximate surface area is 117 Å². The fourth-order valence-corrected chi connectivity index (χ4v) is 2.99. The van der Waals surface area contributed by atoms with Gasteiger partial charge in [0.05, 0.1) is 4.90 Å². The van der Waals surface area contributed by atoms with Crippen molar-refractivity contribution in [1.82, 2.24) is 0 Å². The topological polar surface area (TPSA) is 97.5 Å². The molecular weight excluding hydrogens is 286 g/mol. The molecule has 7 heteroatoms. The Bertz CT molecular complexity index is 550. The molecule has 0 saturated carbocycles. The Kier molecular flexibility index (Phi) is 5.00. The minimum atomic E-state index is -3.18. The van der Waals surface area contributed by atoms with Gasteiger partial charge in [0.2, 0.25) is 0 Å². The first kappa shape index (κ1) is 16.0. The lowest BCUT2D eigenvalue weighted by Gasteiger charge is -2.18. The molecule has 19 heavy (non-hydrogen) atoms. The summed E-state index contributed by atoms with van der Waals surface area (Å²) in [5.74, 6) is -0.474. The molecular formula is C12H17NO4S2. The van der Waals surface area contributed by atoms with Crippen molar-refractivity contribution >= 4 is 27.6 Å². The van der Waals surface area contributed by atoms with Crippen LogP contribution >= 0.6 is 11.8 Å². The maximum Gasteiger partial charge on any atom is 0.323 e. The Balaban J connectivity index is 2.59. The van der Waals surface area contributed by atoms with Gasteiger partial charge in [-0.2, -0.15) is 0 Å². The van der Waals surface area contributed by atoms with Gasteiger partial charge < -0.3 is 10.8 Å². The summed E-state index contributed by atoms with van der Waals surface area (Å²) in [5.41, 5.74) is 4.38. The molecule has 0 aromatic heterocycles. The second kappa shape index (κ2) is 5.94. The van der Waals surface area contributed by atoms with Crippen LogP contribution in [0.3, 0.4) is 0 Å². The van der Waals surface area contributed by atoms with Gasteiger partial charge >= 0.3 is 5.97 Å². The molecule has 1 rings (SSSR count). The van der Waals surface area contributed by atoms with Crippen molar-refractivity contribution in [3.05, 3.63) is 24.3 Å². The van der Waals surface area contributed by atoms with Crippen LogP contribution in [-0.2, 0) is 14.6 Å². The van der Waals surface area contributed by atoms with Crippen LogP contribution in [0, 0.1) is 0 Å². The zero-order chi connectivity index (χ0) is 14.7. The fourth-order valence-electron chi connectivity index (χ4n) is 1.27. The van der Waals surface area contributed by atoms with E-state index in [2.05, 4.69) is 0 Å². The van der Waals surface area contributed by atoms with Crippen molar-refractivity contribution in [2.75, 3.05) is 12.0 Å². The van der Waals surface area contributed by atoms with E-state index in [4.69, 9.17) is 10.8 Å². The highest BCUT2D eigenvalue weighted by atomic mass is 32.2. The molecule has 0 aliphatic rings. The number of sulfone groups is 1. The largest absolute Gasteiger partial charge is 0.480 e. The Morgan fingerprint density at radius 2 is 1.89 bits per heavy atom. The maximum atomic E-state index is 11.3. The van der Waals surface area contributed by atoms with E-state index >= 15 is 0 Å². The van der Waals surface area contributed by atoms with Crippen molar-refractivity contribution in [1.29, 1.82) is 0 Å². The van der Waals surface area contributed by atoms with Gasteiger partial charge in [0.15, 0.2) is 9.84 Å². The van der Waals surface area contributed by atoms with Crippen LogP contribution in [0.15, 0.2) is 34.1 Å². The van der Waals surface area contributed by atoms with E-state index in [9.17, 15) is 13.2 Å². The average molecular weight is 303 g/mol. The molecule has 0 heterocycles. The molecule has 1 atom stereocenters. The summed E-state index contributed by atoms with van der Waals surface area (Å²) in [5, 5.41) is 8.86. The van der Waals surface area contributed by atoms with E-state index < -0.39 is 21.3 Å². The SMILES string of the molecule is CC(N)(CCSc1ccc(S(C)(=O)=O)cc1)C(=O)O. The van der Waals surface area contributed by atoms with Crippen LogP contribution in [0.1, 0.15) is 13.3 Å². The smallest absolute Gasteiger partial charge is 0.323 e. The summed E-state index contributed by atoms with van der Waals surface area (Å²) in [7, 11) is -3.18. The first-order valence-electron chi connectivity index (χ1n) is 5.58. The van der Waals surface area contributed by atoms with Gasteiger partial charge in [-0.3, -0.25) is 4.79 Å². The highest BCUT2D eigenvalue weighted by Crippen LogP contribution is 2.22. The van der Waals surface area contributed by atoms with Crippen LogP contribution in [0.2, 0.25) is 0 Å². The van der Waals surface area contributed by atoms with E-state index in [0.717, 1.165) is 11.2 Å². The van der Waals surface area contributed by atoms with Crippen molar-refractivity contribution in [3.63, 3.8) is 0 Å². The predicted molar refractivity (Wildman–Crippen MR) is 75.1 cm³/mol. The molecule has 1 aromatic carbocycles. The molecule has 0 aliphatic carbocycles. The average Bonchev–Trinajstić information content (AvgIpc) is 2.28. The highest BCUT2D eigenvalue weighted by Gasteiger charge is 2.27. The highest BCUT2D eigenvalue weighted by molar-refractivity contribution is 7.99. The van der Waals surface area contributed by atoms with Gasteiger partial charge in [0.1, 0.15) is 5.54 Å². The van der Waals surface area contributed by atoms with E-state index in [0.29, 0.717) is 12.2 Å². The van der Waals surface area contributed by atoms with Crippen molar-refractivity contribution in [2.45, 2.75) is 28.7 Å². The quantitative estimate of drug-likeness (QED) is 0.770. The molecule has 1 aromatic rings. The first-order valence-corrected chi connectivity index (χ1v) is 8.46. The second-order valence-electron chi connectivity index (χ2n) is 4.56. The number of benzene rings is 1. The van der Waals surface area contributed by atoms with Gasteiger partial charge in [-0.25, -0.2) is 8.42 Å². The Morgan fingerprint density at radius 1 is 1.37 bits per heavy atom. The minimum absolute atomic E-state index is 0.269. The van der Waals surface area contributed by atoms with E-state index in [1.165, 1.54) is 30.8 Å². The molecule has 3 N–H and O–H groups in total. The number of rotatable bonds is 6. The summed E-state index contributed by atoms with van der Waals surface area (Å²) in [6.07, 6.45) is 1.49. The number of hydrogen-bond acceptors (Lipinski definition) is 5. The summed E-state index contributed by atoms with van der Waals surface area (Å²) in [4.78, 5) is 12.0. The van der Waals surface area contributed by atoms with Gasteiger partial charge in [-0.1, -0.05) is 0 Å². The maximum absolute atomic E-state index is 11.3. The van der Waals surface area contributed by atoms with E-state index in [1.807, 2.05) is 0 Å². The monoisotopic (exact) mass is 303 g/mol. The Morgan fingerprint density at radius 3 is 2.32 bits per heavy atom. The third-order valence-electron chi connectivity index (χ3n) is 2.63. The lowest BCUT2D eigenvalue weighted by molar-refractivity contribution is -0.142. The number of carboxylic acid groups (broad SMARTS) is 1. The minimum Gasteiger partial charge on any atom is -0.480 e. The lowest BCUT2D eigenvalue weighted by atomic mass is 10.0. The normalized spacial score (nSPS) is 14.9. The second-order valence-corrected chi connectivity index (χ2v) is 7.75. The molecule has 1 unspecified atom stereocenters. The summed E-state index contributed by atoms with van der Waals surface area (Å²) < 4.78 is 22.6. The van der Waals surface area contributed by atoms with Gasteiger partial charge in [-0.15, -0.1) is 11.8 Å².